The van der Waals surface area contributed by atoms with Crippen molar-refractivity contribution >= 4 is 24.2 Å². The van der Waals surface area contributed by atoms with Gasteiger partial charge < -0.3 is 10.8 Å². The molecule has 3 N–H and O–H groups in total. The first-order chi connectivity index (χ1) is 6.53. The zero-order valence-corrected chi connectivity index (χ0v) is 11.2. The van der Waals surface area contributed by atoms with Crippen molar-refractivity contribution in [2.45, 2.75) is 31.8 Å². The van der Waals surface area contributed by atoms with Gasteiger partial charge in [0.2, 0.25) is 0 Å². The molecule has 1 saturated heterocycles. The Balaban J connectivity index is 0.00000196. The third kappa shape index (κ3) is 5.97. The number of aliphatic hydroxyl groups is 1. The molecule has 1 heterocycles. The van der Waals surface area contributed by atoms with Crippen LogP contribution in [-0.2, 0) is 0 Å². The van der Waals surface area contributed by atoms with Gasteiger partial charge in [0.25, 0.3) is 0 Å². The number of nitrogens with two attached hydrogens (primary N) is 1. The van der Waals surface area contributed by atoms with Crippen LogP contribution in [0.15, 0.2) is 0 Å². The zero-order valence-electron chi connectivity index (χ0n) is 9.61. The number of thioether (sulfide) groups is 1. The molecule has 0 aromatic carbocycles. The van der Waals surface area contributed by atoms with Gasteiger partial charge in [-0.15, -0.1) is 12.4 Å². The summed E-state index contributed by atoms with van der Waals surface area (Å²) in [6.07, 6.45) is 0.878. The van der Waals surface area contributed by atoms with Crippen LogP contribution in [0.2, 0.25) is 0 Å². The molecule has 15 heavy (non-hydrogen) atoms. The lowest BCUT2D eigenvalue weighted by atomic mass is 10.0. The maximum absolute atomic E-state index is 8.97. The number of aliphatic hydroxyl groups excluding tert-OH is 1. The van der Waals surface area contributed by atoms with Gasteiger partial charge >= 0.3 is 0 Å². The first-order valence-electron chi connectivity index (χ1n) is 5.24. The Morgan fingerprint density at radius 1 is 1.53 bits per heavy atom. The lowest BCUT2D eigenvalue weighted by Crippen LogP contribution is -2.52. The Bertz CT molecular complexity index is 173. The summed E-state index contributed by atoms with van der Waals surface area (Å²) in [7, 11) is 0. The average molecular weight is 255 g/mol. The summed E-state index contributed by atoms with van der Waals surface area (Å²) < 4.78 is 0. The highest BCUT2D eigenvalue weighted by atomic mass is 35.5. The summed E-state index contributed by atoms with van der Waals surface area (Å²) in [6.45, 7) is 6.44. The number of nitrogens with zero attached hydrogens (tertiary/aromatic N) is 1. The second-order valence-corrected chi connectivity index (χ2v) is 5.85. The number of hydrogen-bond donors (Lipinski definition) is 2. The van der Waals surface area contributed by atoms with Crippen molar-refractivity contribution in [3.05, 3.63) is 0 Å². The number of hydrogen-bond acceptors (Lipinski definition) is 4. The standard InChI is InChI=1S/C10H22N2OS.ClH/c1-10(2,11)8-12-4-6-14-7-9(12)3-5-13;/h9,13H,3-8,11H2,1-2H3;1H. The van der Waals surface area contributed by atoms with E-state index >= 15 is 0 Å². The smallest absolute Gasteiger partial charge is 0.0446 e. The van der Waals surface area contributed by atoms with E-state index in [1.54, 1.807) is 0 Å². The van der Waals surface area contributed by atoms with Crippen molar-refractivity contribution in [3.8, 4) is 0 Å². The summed E-state index contributed by atoms with van der Waals surface area (Å²) in [5.74, 6) is 2.33. The van der Waals surface area contributed by atoms with Gasteiger partial charge in [-0.25, -0.2) is 0 Å². The molecule has 0 amide bonds. The topological polar surface area (TPSA) is 49.5 Å². The van der Waals surface area contributed by atoms with E-state index < -0.39 is 0 Å². The third-order valence-electron chi connectivity index (χ3n) is 2.42. The van der Waals surface area contributed by atoms with Crippen LogP contribution in [0.25, 0.3) is 0 Å². The van der Waals surface area contributed by atoms with Crippen LogP contribution in [0, 0.1) is 0 Å². The van der Waals surface area contributed by atoms with E-state index in [0.29, 0.717) is 6.04 Å². The molecule has 1 fully saturated rings. The maximum atomic E-state index is 8.97. The van der Waals surface area contributed by atoms with Crippen LogP contribution in [0.5, 0.6) is 0 Å². The van der Waals surface area contributed by atoms with Crippen molar-refractivity contribution in [2.24, 2.45) is 5.73 Å². The van der Waals surface area contributed by atoms with Crippen LogP contribution >= 0.6 is 24.2 Å². The quantitative estimate of drug-likeness (QED) is 0.784. The molecule has 1 aliphatic heterocycles. The molecule has 0 aliphatic carbocycles. The molecule has 0 bridgehead atoms. The second-order valence-electron chi connectivity index (χ2n) is 4.70. The van der Waals surface area contributed by atoms with E-state index in [9.17, 15) is 0 Å². The number of rotatable bonds is 4. The van der Waals surface area contributed by atoms with E-state index in [4.69, 9.17) is 10.8 Å². The SMILES string of the molecule is CC(C)(N)CN1CCSCC1CCO.Cl. The second kappa shape index (κ2) is 6.97. The van der Waals surface area contributed by atoms with Crippen LogP contribution in [0.3, 0.4) is 0 Å². The minimum atomic E-state index is -0.129. The normalized spacial score (nSPS) is 23.6. The van der Waals surface area contributed by atoms with Crippen LogP contribution < -0.4 is 5.73 Å². The summed E-state index contributed by atoms with van der Waals surface area (Å²) in [5.41, 5.74) is 5.88. The molecule has 3 nitrogen and oxygen atoms in total. The highest BCUT2D eigenvalue weighted by Crippen LogP contribution is 2.20. The van der Waals surface area contributed by atoms with Crippen molar-refractivity contribution < 1.29 is 5.11 Å². The summed E-state index contributed by atoms with van der Waals surface area (Å²) in [5, 5.41) is 8.97. The Kier molecular flexibility index (Phi) is 7.21. The molecule has 1 aliphatic rings. The lowest BCUT2D eigenvalue weighted by Gasteiger charge is -2.38. The molecule has 0 aromatic rings. The van der Waals surface area contributed by atoms with Gasteiger partial charge in [0, 0.05) is 42.8 Å². The van der Waals surface area contributed by atoms with Gasteiger partial charge in [-0.1, -0.05) is 0 Å². The Morgan fingerprint density at radius 2 is 2.20 bits per heavy atom. The Hall–Kier alpha value is 0.520. The first-order valence-corrected chi connectivity index (χ1v) is 6.40. The predicted molar refractivity (Wildman–Crippen MR) is 69.9 cm³/mol. The predicted octanol–water partition coefficient (Wildman–Crippen LogP) is 0.945. The van der Waals surface area contributed by atoms with Gasteiger partial charge in [0.1, 0.15) is 0 Å². The molecule has 0 aromatic heterocycles. The largest absolute Gasteiger partial charge is 0.396 e. The molecule has 0 saturated carbocycles. The van der Waals surface area contributed by atoms with Crippen LogP contribution in [-0.4, -0.2) is 52.8 Å². The highest BCUT2D eigenvalue weighted by Gasteiger charge is 2.26. The number of halogens is 1. The van der Waals surface area contributed by atoms with Gasteiger partial charge in [-0.05, 0) is 20.3 Å². The average Bonchev–Trinajstić information content (AvgIpc) is 2.06. The molecule has 92 valence electrons. The third-order valence-corrected chi connectivity index (χ3v) is 3.51. The van der Waals surface area contributed by atoms with Crippen molar-refractivity contribution in [2.75, 3.05) is 31.2 Å². The lowest BCUT2D eigenvalue weighted by molar-refractivity contribution is 0.150. The van der Waals surface area contributed by atoms with E-state index in [0.717, 1.165) is 25.3 Å². The van der Waals surface area contributed by atoms with E-state index in [2.05, 4.69) is 18.7 Å². The van der Waals surface area contributed by atoms with E-state index in [1.165, 1.54) is 5.75 Å². The fraction of sp³-hybridized carbons (Fsp3) is 1.00. The first kappa shape index (κ1) is 15.5. The van der Waals surface area contributed by atoms with E-state index in [-0.39, 0.29) is 24.6 Å². The monoisotopic (exact) mass is 254 g/mol. The van der Waals surface area contributed by atoms with Gasteiger partial charge in [-0.3, -0.25) is 4.90 Å². The summed E-state index contributed by atoms with van der Waals surface area (Å²) in [6, 6.07) is 0.515. The fourth-order valence-electron chi connectivity index (χ4n) is 1.84. The van der Waals surface area contributed by atoms with Gasteiger partial charge in [0.05, 0.1) is 0 Å². The zero-order chi connectivity index (χ0) is 10.6. The summed E-state index contributed by atoms with van der Waals surface area (Å²) >= 11 is 1.98. The highest BCUT2D eigenvalue weighted by molar-refractivity contribution is 7.99. The minimum Gasteiger partial charge on any atom is -0.396 e. The molecular weight excluding hydrogens is 232 g/mol. The maximum Gasteiger partial charge on any atom is 0.0446 e. The molecular formula is C10H23ClN2OS. The molecule has 1 atom stereocenters. The fourth-order valence-corrected chi connectivity index (χ4v) is 3.02. The minimum absolute atomic E-state index is 0. The van der Waals surface area contributed by atoms with Gasteiger partial charge in [-0.2, -0.15) is 11.8 Å². The molecule has 0 spiro atoms. The molecule has 1 unspecified atom stereocenters. The van der Waals surface area contributed by atoms with E-state index in [1.807, 2.05) is 11.8 Å². The molecule has 1 rings (SSSR count). The van der Waals surface area contributed by atoms with Crippen molar-refractivity contribution in [1.29, 1.82) is 0 Å². The molecule has 0 radical (unpaired) electrons. The summed E-state index contributed by atoms with van der Waals surface area (Å²) in [4.78, 5) is 2.42. The Labute approximate surface area is 103 Å². The van der Waals surface area contributed by atoms with Crippen molar-refractivity contribution in [1.82, 2.24) is 4.90 Å². The van der Waals surface area contributed by atoms with Crippen LogP contribution in [0.1, 0.15) is 20.3 Å². The van der Waals surface area contributed by atoms with Crippen LogP contribution in [0.4, 0.5) is 0 Å². The van der Waals surface area contributed by atoms with Crippen molar-refractivity contribution in [3.63, 3.8) is 0 Å². The van der Waals surface area contributed by atoms with Gasteiger partial charge in [0.15, 0.2) is 0 Å². The molecule has 5 heteroatoms. The Morgan fingerprint density at radius 3 is 2.73 bits per heavy atom.